The summed E-state index contributed by atoms with van der Waals surface area (Å²) >= 11 is 10.4. The van der Waals surface area contributed by atoms with Gasteiger partial charge in [-0.15, -0.1) is 22.9 Å². The van der Waals surface area contributed by atoms with Gasteiger partial charge in [0.05, 0.1) is 0 Å². The van der Waals surface area contributed by atoms with Crippen molar-refractivity contribution in [2.24, 2.45) is 0 Å². The molecule has 7 heavy (non-hydrogen) atoms. The van der Waals surface area contributed by atoms with Crippen LogP contribution < -0.4 is 0 Å². The van der Waals surface area contributed by atoms with Gasteiger partial charge >= 0.3 is 5.75 Å². The summed E-state index contributed by atoms with van der Waals surface area (Å²) < 4.78 is 4.78. The quantitative estimate of drug-likeness (QED) is 0.533. The maximum absolute atomic E-state index is 5.22. The number of rotatable bonds is 2. The average Bonchev–Trinajstić information content (AvgIpc) is 1.27. The first-order chi connectivity index (χ1) is 3.13. The molecule has 0 unspecified atom stereocenters. The third-order valence-corrected chi connectivity index (χ3v) is 0.581. The number of hydrogen-bond acceptors (Lipinski definition) is 1. The summed E-state index contributed by atoms with van der Waals surface area (Å²) in [6.07, 6.45) is 0.111. The van der Waals surface area contributed by atoms with Crippen LogP contribution in [-0.4, -0.2) is 11.9 Å². The first-order valence-corrected chi connectivity index (χ1v) is 2.94. The zero-order valence-electron chi connectivity index (χ0n) is 4.32. The summed E-state index contributed by atoms with van der Waals surface area (Å²) in [6, 6.07) is 0. The molecule has 0 spiro atoms. The largest absolute Gasteiger partial charge is 0.508 e. The molecule has 0 amide bonds. The average molecular weight is 141 g/mol. The molecule has 0 aromatic rings. The van der Waals surface area contributed by atoms with Crippen molar-refractivity contribution in [2.75, 3.05) is 0 Å². The van der Waals surface area contributed by atoms with Gasteiger partial charge in [0.2, 0.25) is 0 Å². The van der Waals surface area contributed by atoms with Crippen LogP contribution in [0, 0.1) is 0 Å². The SMILES string of the molecule is CC(C)OB(Cl)Cl. The Kier molecular flexibility index (Phi) is 3.90. The highest BCUT2D eigenvalue weighted by atomic mass is 35.5. The van der Waals surface area contributed by atoms with E-state index in [1.165, 1.54) is 0 Å². The minimum atomic E-state index is -0.681. The van der Waals surface area contributed by atoms with Crippen molar-refractivity contribution in [3.63, 3.8) is 0 Å². The maximum Gasteiger partial charge on any atom is 0.508 e. The molecule has 4 heteroatoms. The molecule has 0 saturated heterocycles. The van der Waals surface area contributed by atoms with Crippen LogP contribution in [0.3, 0.4) is 0 Å². The second-order valence-electron chi connectivity index (χ2n) is 1.45. The fraction of sp³-hybridized carbons (Fsp3) is 1.00. The molecule has 0 aliphatic rings. The van der Waals surface area contributed by atoms with Crippen LogP contribution in [0.5, 0.6) is 0 Å². The van der Waals surface area contributed by atoms with Crippen LogP contribution in [0.15, 0.2) is 0 Å². The molecular formula is C3H7BCl2O. The van der Waals surface area contributed by atoms with Crippen LogP contribution in [0.2, 0.25) is 0 Å². The van der Waals surface area contributed by atoms with E-state index in [0.717, 1.165) is 0 Å². The zero-order valence-corrected chi connectivity index (χ0v) is 5.83. The Hall–Kier alpha value is 0.605. The molecule has 0 aromatic heterocycles. The third kappa shape index (κ3) is 6.60. The molecule has 1 nitrogen and oxygen atoms in total. The topological polar surface area (TPSA) is 9.23 Å². The van der Waals surface area contributed by atoms with Crippen LogP contribution in [-0.2, 0) is 4.65 Å². The standard InChI is InChI=1S/C3H7BCl2O/c1-3(2)7-4(5)6/h3H,1-2H3. The molecule has 0 bridgehead atoms. The van der Waals surface area contributed by atoms with Crippen molar-refractivity contribution in [3.8, 4) is 0 Å². The number of hydrogen-bond donors (Lipinski definition) is 0. The Bertz CT molecular complexity index is 42.2. The van der Waals surface area contributed by atoms with Crippen LogP contribution in [0.4, 0.5) is 0 Å². The van der Waals surface area contributed by atoms with Crippen molar-refractivity contribution in [3.05, 3.63) is 0 Å². The molecule has 0 aromatic carbocycles. The Morgan fingerprint density at radius 2 is 1.86 bits per heavy atom. The molecule has 0 rings (SSSR count). The first kappa shape index (κ1) is 7.60. The van der Waals surface area contributed by atoms with Crippen LogP contribution in [0.25, 0.3) is 0 Å². The van der Waals surface area contributed by atoms with Gasteiger partial charge in [-0.25, -0.2) is 0 Å². The summed E-state index contributed by atoms with van der Waals surface area (Å²) in [6.45, 7) is 3.75. The fourth-order valence-electron chi connectivity index (χ4n) is 0.206. The lowest BCUT2D eigenvalue weighted by molar-refractivity contribution is 0.259. The van der Waals surface area contributed by atoms with Gasteiger partial charge in [0.25, 0.3) is 0 Å². The lowest BCUT2D eigenvalue weighted by Gasteiger charge is -2.03. The van der Waals surface area contributed by atoms with Crippen LogP contribution >= 0.6 is 22.9 Å². The lowest BCUT2D eigenvalue weighted by Crippen LogP contribution is -2.09. The maximum atomic E-state index is 5.22. The van der Waals surface area contributed by atoms with Crippen molar-refractivity contribution in [2.45, 2.75) is 20.0 Å². The van der Waals surface area contributed by atoms with E-state index in [2.05, 4.69) is 0 Å². The van der Waals surface area contributed by atoms with E-state index in [9.17, 15) is 0 Å². The van der Waals surface area contributed by atoms with E-state index in [0.29, 0.717) is 0 Å². The van der Waals surface area contributed by atoms with Crippen molar-refractivity contribution >= 4 is 28.7 Å². The summed E-state index contributed by atoms with van der Waals surface area (Å²) in [5.74, 6) is -0.681. The van der Waals surface area contributed by atoms with Crippen molar-refractivity contribution in [1.29, 1.82) is 0 Å². The van der Waals surface area contributed by atoms with E-state index >= 15 is 0 Å². The molecular weight excluding hydrogens is 134 g/mol. The summed E-state index contributed by atoms with van der Waals surface area (Å²) in [7, 11) is 0. The van der Waals surface area contributed by atoms with Crippen molar-refractivity contribution < 1.29 is 4.65 Å². The smallest absolute Gasteiger partial charge is 0.407 e. The lowest BCUT2D eigenvalue weighted by atomic mass is 10.4. The van der Waals surface area contributed by atoms with E-state index in [1.807, 2.05) is 13.8 Å². The highest BCUT2D eigenvalue weighted by Crippen LogP contribution is 2.00. The van der Waals surface area contributed by atoms with Crippen molar-refractivity contribution in [1.82, 2.24) is 0 Å². The Balaban J connectivity index is 2.95. The second kappa shape index (κ2) is 3.59. The molecule has 0 radical (unpaired) electrons. The van der Waals surface area contributed by atoms with Gasteiger partial charge in [-0.1, -0.05) is 0 Å². The fourth-order valence-corrected chi connectivity index (χ4v) is 0.617. The number of halogens is 2. The van der Waals surface area contributed by atoms with Gasteiger partial charge in [0.1, 0.15) is 0 Å². The summed E-state index contributed by atoms with van der Waals surface area (Å²) in [5, 5.41) is 0. The highest BCUT2D eigenvalue weighted by molar-refractivity contribution is 7.30. The minimum absolute atomic E-state index is 0.111. The summed E-state index contributed by atoms with van der Waals surface area (Å²) in [5.41, 5.74) is 0. The van der Waals surface area contributed by atoms with E-state index in [-0.39, 0.29) is 6.10 Å². The minimum Gasteiger partial charge on any atom is -0.407 e. The monoisotopic (exact) mass is 140 g/mol. The van der Waals surface area contributed by atoms with Gasteiger partial charge in [-0.3, -0.25) is 0 Å². The van der Waals surface area contributed by atoms with E-state index < -0.39 is 5.75 Å². The van der Waals surface area contributed by atoms with E-state index in [4.69, 9.17) is 27.6 Å². The van der Waals surface area contributed by atoms with Crippen LogP contribution in [0.1, 0.15) is 13.8 Å². The molecule has 0 N–H and O–H groups in total. The Morgan fingerprint density at radius 1 is 1.43 bits per heavy atom. The predicted molar refractivity (Wildman–Crippen MR) is 33.7 cm³/mol. The second-order valence-corrected chi connectivity index (χ2v) is 2.46. The zero-order chi connectivity index (χ0) is 5.86. The Morgan fingerprint density at radius 3 is 1.86 bits per heavy atom. The molecule has 0 saturated carbocycles. The summed E-state index contributed by atoms with van der Waals surface area (Å²) in [4.78, 5) is 0. The molecule has 0 aliphatic carbocycles. The molecule has 0 fully saturated rings. The van der Waals surface area contributed by atoms with Gasteiger partial charge in [0, 0.05) is 6.10 Å². The Labute approximate surface area is 53.9 Å². The van der Waals surface area contributed by atoms with Gasteiger partial charge in [-0.05, 0) is 13.8 Å². The molecule has 42 valence electrons. The van der Waals surface area contributed by atoms with Gasteiger partial charge in [0.15, 0.2) is 0 Å². The normalized spacial score (nSPS) is 9.86. The van der Waals surface area contributed by atoms with Gasteiger partial charge in [-0.2, -0.15) is 0 Å². The molecule has 0 atom stereocenters. The highest BCUT2D eigenvalue weighted by Gasteiger charge is 2.07. The van der Waals surface area contributed by atoms with Gasteiger partial charge < -0.3 is 4.65 Å². The third-order valence-electron chi connectivity index (χ3n) is 0.375. The molecule has 0 aliphatic heterocycles. The molecule has 0 heterocycles. The predicted octanol–water partition coefficient (Wildman–Crippen LogP) is 1.87. The first-order valence-electron chi connectivity index (χ1n) is 2.06. The van der Waals surface area contributed by atoms with E-state index in [1.54, 1.807) is 0 Å².